The number of alkyl carbamates (subject to hydrolysis) is 1. The summed E-state index contributed by atoms with van der Waals surface area (Å²) >= 11 is 0. The Morgan fingerprint density at radius 3 is 1.94 bits per heavy atom. The van der Waals surface area contributed by atoms with Crippen LogP contribution in [0.5, 0.6) is 0 Å². The second-order valence-electron chi connectivity index (χ2n) is 10.9. The Kier molecular flexibility index (Phi) is 15.4. The molecule has 0 unspecified atom stereocenters. The van der Waals surface area contributed by atoms with Gasteiger partial charge >= 0.3 is 12.1 Å². The number of benzene rings is 3. The minimum Gasteiger partial charge on any atom is -0.462 e. The molecule has 0 fully saturated rings. The first-order valence-corrected chi connectivity index (χ1v) is 15.5. The Bertz CT molecular complexity index is 1430. The summed E-state index contributed by atoms with van der Waals surface area (Å²) in [6, 6.07) is 25.2. The van der Waals surface area contributed by atoms with Crippen molar-refractivity contribution in [3.8, 4) is 0 Å². The first-order chi connectivity index (χ1) is 22.8. The van der Waals surface area contributed by atoms with E-state index in [4.69, 9.17) is 9.47 Å². The van der Waals surface area contributed by atoms with Crippen molar-refractivity contribution in [2.75, 3.05) is 13.2 Å². The quantitative estimate of drug-likeness (QED) is 0.111. The van der Waals surface area contributed by atoms with Gasteiger partial charge in [-0.2, -0.15) is 0 Å². The second kappa shape index (κ2) is 20.0. The maximum Gasteiger partial charge on any atom is 0.408 e. The van der Waals surface area contributed by atoms with Crippen LogP contribution in [0.4, 0.5) is 4.79 Å². The number of nitrogens with one attached hydrogen (secondary N) is 3. The van der Waals surface area contributed by atoms with Crippen molar-refractivity contribution in [3.05, 3.63) is 133 Å². The van der Waals surface area contributed by atoms with Crippen LogP contribution in [0.3, 0.4) is 0 Å². The lowest BCUT2D eigenvalue weighted by atomic mass is 9.97. The molecule has 248 valence electrons. The number of aliphatic hydroxyl groups excluding tert-OH is 1. The molecule has 0 aromatic heterocycles. The van der Waals surface area contributed by atoms with Crippen molar-refractivity contribution in [2.24, 2.45) is 5.92 Å². The lowest BCUT2D eigenvalue weighted by Crippen LogP contribution is -2.44. The van der Waals surface area contributed by atoms with Gasteiger partial charge in [0.15, 0.2) is 0 Å². The molecule has 3 amide bonds. The molecular weight excluding hydrogens is 598 g/mol. The fourth-order valence-corrected chi connectivity index (χ4v) is 4.80. The van der Waals surface area contributed by atoms with Gasteiger partial charge in [-0.15, -0.1) is 13.2 Å². The largest absolute Gasteiger partial charge is 0.462 e. The molecule has 0 saturated heterocycles. The van der Waals surface area contributed by atoms with E-state index >= 15 is 0 Å². The monoisotopic (exact) mass is 641 g/mol. The van der Waals surface area contributed by atoms with E-state index in [0.29, 0.717) is 12.0 Å². The molecule has 0 aliphatic carbocycles. The van der Waals surface area contributed by atoms with E-state index in [2.05, 4.69) is 29.1 Å². The SMILES string of the molecule is C=CC[C@@H](CC(=O)N[C@H](CO)Cc1ccccc1)C(=O)N[C@@H](COC(=O)[C@@H](CC=C)NC(=O)OCc1ccccc1)c1ccccc1. The molecule has 3 rings (SSSR count). The van der Waals surface area contributed by atoms with E-state index < -0.39 is 42.0 Å². The summed E-state index contributed by atoms with van der Waals surface area (Å²) in [6.07, 6.45) is 2.87. The topological polar surface area (TPSA) is 143 Å². The molecule has 10 nitrogen and oxygen atoms in total. The average Bonchev–Trinajstić information content (AvgIpc) is 3.09. The second-order valence-corrected chi connectivity index (χ2v) is 10.9. The van der Waals surface area contributed by atoms with Crippen molar-refractivity contribution in [2.45, 2.75) is 50.4 Å². The van der Waals surface area contributed by atoms with E-state index in [1.165, 1.54) is 6.08 Å². The van der Waals surface area contributed by atoms with Gasteiger partial charge in [0.05, 0.1) is 24.6 Å². The Morgan fingerprint density at radius 1 is 0.745 bits per heavy atom. The predicted octanol–water partition coefficient (Wildman–Crippen LogP) is 4.56. The highest BCUT2D eigenvalue weighted by atomic mass is 16.6. The average molecular weight is 642 g/mol. The number of aliphatic hydroxyl groups is 1. The van der Waals surface area contributed by atoms with Crippen LogP contribution in [0.2, 0.25) is 0 Å². The smallest absolute Gasteiger partial charge is 0.408 e. The third kappa shape index (κ3) is 13.0. The molecule has 0 bridgehead atoms. The van der Waals surface area contributed by atoms with Crippen LogP contribution in [0.1, 0.15) is 42.0 Å². The summed E-state index contributed by atoms with van der Waals surface area (Å²) in [5.74, 6) is -2.31. The highest BCUT2D eigenvalue weighted by molar-refractivity contribution is 5.86. The van der Waals surface area contributed by atoms with Gasteiger partial charge in [0.25, 0.3) is 0 Å². The van der Waals surface area contributed by atoms with E-state index in [-0.39, 0.29) is 45.0 Å². The normalized spacial score (nSPS) is 13.1. The van der Waals surface area contributed by atoms with Crippen molar-refractivity contribution >= 4 is 23.9 Å². The van der Waals surface area contributed by atoms with Crippen molar-refractivity contribution < 1.29 is 33.8 Å². The third-order valence-electron chi connectivity index (χ3n) is 7.27. The summed E-state index contributed by atoms with van der Waals surface area (Å²) in [4.78, 5) is 51.9. The summed E-state index contributed by atoms with van der Waals surface area (Å²) in [5.41, 5.74) is 2.43. The summed E-state index contributed by atoms with van der Waals surface area (Å²) in [5, 5.41) is 18.1. The van der Waals surface area contributed by atoms with Crippen molar-refractivity contribution in [3.63, 3.8) is 0 Å². The van der Waals surface area contributed by atoms with Crippen LogP contribution < -0.4 is 16.0 Å². The molecule has 3 aromatic carbocycles. The number of rotatable bonds is 19. The van der Waals surface area contributed by atoms with Gasteiger partial charge in [0, 0.05) is 6.42 Å². The van der Waals surface area contributed by atoms with Gasteiger partial charge < -0.3 is 30.5 Å². The van der Waals surface area contributed by atoms with Gasteiger partial charge in [-0.1, -0.05) is 103 Å². The predicted molar refractivity (Wildman–Crippen MR) is 179 cm³/mol. The molecule has 10 heteroatoms. The van der Waals surface area contributed by atoms with Gasteiger partial charge in [-0.05, 0) is 36.0 Å². The maximum atomic E-state index is 13.5. The number of carbonyl (C=O) groups is 4. The van der Waals surface area contributed by atoms with Crippen LogP contribution in [0.15, 0.2) is 116 Å². The van der Waals surface area contributed by atoms with E-state index in [1.807, 2.05) is 66.7 Å². The lowest BCUT2D eigenvalue weighted by molar-refractivity contribution is -0.147. The zero-order valence-corrected chi connectivity index (χ0v) is 26.4. The Morgan fingerprint density at radius 2 is 1.34 bits per heavy atom. The summed E-state index contributed by atoms with van der Waals surface area (Å²) in [6.45, 7) is 6.93. The summed E-state index contributed by atoms with van der Waals surface area (Å²) in [7, 11) is 0. The number of hydrogen-bond acceptors (Lipinski definition) is 7. The molecule has 0 aliphatic heterocycles. The molecule has 0 heterocycles. The Labute approximate surface area is 275 Å². The van der Waals surface area contributed by atoms with Crippen LogP contribution in [-0.2, 0) is 36.9 Å². The lowest BCUT2D eigenvalue weighted by Gasteiger charge is -2.24. The molecule has 0 saturated carbocycles. The highest BCUT2D eigenvalue weighted by Gasteiger charge is 2.27. The molecule has 4 N–H and O–H groups in total. The molecule has 0 aliphatic rings. The highest BCUT2D eigenvalue weighted by Crippen LogP contribution is 2.18. The molecule has 47 heavy (non-hydrogen) atoms. The van der Waals surface area contributed by atoms with Gasteiger partial charge in [-0.25, -0.2) is 9.59 Å². The molecule has 3 aromatic rings. The van der Waals surface area contributed by atoms with Crippen LogP contribution in [0, 0.1) is 5.92 Å². The molecule has 4 atom stereocenters. The zero-order chi connectivity index (χ0) is 33.9. The fraction of sp³-hybridized carbons (Fsp3) is 0.297. The number of allylic oxidation sites excluding steroid dienone is 1. The number of ether oxygens (including phenoxy) is 2. The van der Waals surface area contributed by atoms with Crippen LogP contribution >= 0.6 is 0 Å². The zero-order valence-electron chi connectivity index (χ0n) is 26.4. The standard InChI is InChI=1S/C37H43N3O7/c1-3-14-30(23-34(42)38-31(24-41)22-27-16-8-5-9-17-27)35(43)39-33(29-20-12-7-13-21-29)26-46-36(44)32(15-4-2)40-37(45)47-25-28-18-10-6-11-19-28/h3-13,16-21,30-33,41H,1-2,14-15,22-26H2,(H,38,42)(H,39,43)(H,40,45)/t30-,31-,32+,33-/m0/s1. The number of hydrogen-bond donors (Lipinski definition) is 4. The number of carbonyl (C=O) groups excluding carboxylic acids is 4. The molecule has 0 radical (unpaired) electrons. The van der Waals surface area contributed by atoms with Crippen molar-refractivity contribution in [1.82, 2.24) is 16.0 Å². The number of esters is 1. The van der Waals surface area contributed by atoms with E-state index in [1.54, 1.807) is 30.3 Å². The van der Waals surface area contributed by atoms with Gasteiger partial charge in [-0.3, -0.25) is 9.59 Å². The maximum absolute atomic E-state index is 13.5. The van der Waals surface area contributed by atoms with Crippen LogP contribution in [-0.4, -0.2) is 54.3 Å². The molecule has 0 spiro atoms. The first kappa shape index (κ1) is 36.3. The van der Waals surface area contributed by atoms with Gasteiger partial charge in [0.2, 0.25) is 11.8 Å². The third-order valence-corrected chi connectivity index (χ3v) is 7.27. The minimum absolute atomic E-state index is 0.0300. The Balaban J connectivity index is 1.62. The van der Waals surface area contributed by atoms with Crippen molar-refractivity contribution in [1.29, 1.82) is 0 Å². The van der Waals surface area contributed by atoms with Gasteiger partial charge in [0.1, 0.15) is 19.3 Å². The van der Waals surface area contributed by atoms with E-state index in [0.717, 1.165) is 11.1 Å². The molecular formula is C37H43N3O7. The Hall–Kier alpha value is -5.22. The first-order valence-electron chi connectivity index (χ1n) is 15.5. The summed E-state index contributed by atoms with van der Waals surface area (Å²) < 4.78 is 10.8. The minimum atomic E-state index is -1.06. The number of amides is 3. The van der Waals surface area contributed by atoms with Crippen LogP contribution in [0.25, 0.3) is 0 Å². The van der Waals surface area contributed by atoms with E-state index in [9.17, 15) is 24.3 Å². The fourth-order valence-electron chi connectivity index (χ4n) is 4.80.